The molecule has 0 aliphatic carbocycles. The molecule has 0 saturated heterocycles. The fraction of sp³-hybridized carbons (Fsp3) is 0.200. The van der Waals surface area contributed by atoms with Crippen molar-refractivity contribution in [2.24, 2.45) is 0 Å². The Balaban J connectivity index is 1.76. The molecule has 5 nitrogen and oxygen atoms in total. The Labute approximate surface area is 130 Å². The maximum absolute atomic E-state index is 13.0. The maximum atomic E-state index is 13.0. The van der Waals surface area contributed by atoms with Gasteiger partial charge in [-0.3, -0.25) is 9.59 Å². The van der Waals surface area contributed by atoms with Gasteiger partial charge in [0, 0.05) is 12.2 Å². The quantitative estimate of drug-likeness (QED) is 0.737. The Hall–Kier alpha value is -2.25. The van der Waals surface area contributed by atoms with Crippen LogP contribution in [0.2, 0.25) is 0 Å². The third-order valence-corrected chi connectivity index (χ3v) is 3.62. The number of halogens is 1. The maximum Gasteiger partial charge on any atom is 0.313 e. The zero-order valence-corrected chi connectivity index (χ0v) is 12.4. The van der Waals surface area contributed by atoms with Crippen LogP contribution in [0.1, 0.15) is 18.1 Å². The van der Waals surface area contributed by atoms with Crippen LogP contribution in [0.15, 0.2) is 41.1 Å². The molecular formula is C15H15FN2O3S. The van der Waals surface area contributed by atoms with E-state index in [1.807, 2.05) is 10.8 Å². The summed E-state index contributed by atoms with van der Waals surface area (Å²) in [6.07, 6.45) is -0.381. The molecule has 3 N–H and O–H groups in total. The third-order valence-electron chi connectivity index (χ3n) is 2.92. The van der Waals surface area contributed by atoms with E-state index in [0.717, 1.165) is 11.6 Å². The number of aliphatic hydroxyl groups excluding tert-OH is 1. The Morgan fingerprint density at radius 2 is 2.09 bits per heavy atom. The Morgan fingerprint density at radius 3 is 2.77 bits per heavy atom. The summed E-state index contributed by atoms with van der Waals surface area (Å²) < 4.78 is 13.0. The van der Waals surface area contributed by atoms with Crippen molar-refractivity contribution in [3.63, 3.8) is 0 Å². The number of aliphatic hydroxyl groups is 1. The van der Waals surface area contributed by atoms with Crippen LogP contribution in [0.5, 0.6) is 0 Å². The predicted molar refractivity (Wildman–Crippen MR) is 81.9 cm³/mol. The lowest BCUT2D eigenvalue weighted by molar-refractivity contribution is -0.136. The summed E-state index contributed by atoms with van der Waals surface area (Å²) in [5.41, 5.74) is 0.988. The molecule has 1 unspecified atom stereocenters. The molecule has 1 aromatic heterocycles. The van der Waals surface area contributed by atoms with E-state index in [4.69, 9.17) is 0 Å². The lowest BCUT2D eigenvalue weighted by atomic mass is 10.1. The van der Waals surface area contributed by atoms with E-state index in [1.54, 1.807) is 6.07 Å². The summed E-state index contributed by atoms with van der Waals surface area (Å²) in [6.45, 7) is 0.159. The molecule has 22 heavy (non-hydrogen) atoms. The highest BCUT2D eigenvalue weighted by atomic mass is 32.1. The first-order chi connectivity index (χ1) is 10.6. The Kier molecular flexibility index (Phi) is 5.62. The molecule has 116 valence electrons. The average Bonchev–Trinajstić information content (AvgIpc) is 3.01. The summed E-state index contributed by atoms with van der Waals surface area (Å²) in [4.78, 5) is 23.2. The molecule has 1 atom stereocenters. The van der Waals surface area contributed by atoms with Crippen molar-refractivity contribution in [3.05, 3.63) is 52.5 Å². The third kappa shape index (κ3) is 4.64. The first-order valence-electron chi connectivity index (χ1n) is 6.61. The molecule has 0 spiro atoms. The highest BCUT2D eigenvalue weighted by Gasteiger charge is 2.14. The van der Waals surface area contributed by atoms with Crippen LogP contribution in [0.4, 0.5) is 10.1 Å². The lowest BCUT2D eigenvalue weighted by Gasteiger charge is -2.10. The smallest absolute Gasteiger partial charge is 0.313 e. The number of hydrogen-bond acceptors (Lipinski definition) is 4. The van der Waals surface area contributed by atoms with Gasteiger partial charge in [0.15, 0.2) is 0 Å². The van der Waals surface area contributed by atoms with Crippen molar-refractivity contribution in [2.45, 2.75) is 12.5 Å². The van der Waals surface area contributed by atoms with Gasteiger partial charge < -0.3 is 15.7 Å². The van der Waals surface area contributed by atoms with Crippen molar-refractivity contribution in [1.82, 2.24) is 5.32 Å². The molecule has 7 heteroatoms. The van der Waals surface area contributed by atoms with E-state index in [-0.39, 0.29) is 12.2 Å². The molecule has 1 heterocycles. The molecule has 0 saturated carbocycles. The number of nitrogens with one attached hydrogen (secondary N) is 2. The molecule has 0 bridgehead atoms. The fourth-order valence-electron chi connectivity index (χ4n) is 1.79. The zero-order chi connectivity index (χ0) is 15.9. The summed E-state index contributed by atoms with van der Waals surface area (Å²) in [7, 11) is 0. The van der Waals surface area contributed by atoms with Gasteiger partial charge in [-0.1, -0.05) is 6.07 Å². The lowest BCUT2D eigenvalue weighted by Crippen LogP contribution is -2.36. The minimum absolute atomic E-state index is 0.159. The molecule has 1 aromatic carbocycles. The fourth-order valence-corrected chi connectivity index (χ4v) is 2.50. The van der Waals surface area contributed by atoms with Gasteiger partial charge in [-0.2, -0.15) is 11.3 Å². The highest BCUT2D eigenvalue weighted by Crippen LogP contribution is 2.18. The highest BCUT2D eigenvalue weighted by molar-refractivity contribution is 7.07. The van der Waals surface area contributed by atoms with Crippen LogP contribution in [0.25, 0.3) is 0 Å². The molecule has 0 radical (unpaired) electrons. The van der Waals surface area contributed by atoms with E-state index < -0.39 is 23.7 Å². The molecule has 2 amide bonds. The first kappa shape index (κ1) is 16.1. The average molecular weight is 322 g/mol. The Bertz CT molecular complexity index is 646. The van der Waals surface area contributed by atoms with Crippen molar-refractivity contribution in [1.29, 1.82) is 0 Å². The van der Waals surface area contributed by atoms with E-state index in [1.165, 1.54) is 29.5 Å². The molecule has 0 fully saturated rings. The van der Waals surface area contributed by atoms with E-state index >= 15 is 0 Å². The van der Waals surface area contributed by atoms with Crippen LogP contribution in [-0.2, 0) is 9.59 Å². The Morgan fingerprint density at radius 1 is 1.27 bits per heavy atom. The number of carbonyl (C=O) groups is 2. The van der Waals surface area contributed by atoms with Crippen LogP contribution >= 0.6 is 11.3 Å². The van der Waals surface area contributed by atoms with Gasteiger partial charge in [0.25, 0.3) is 0 Å². The largest absolute Gasteiger partial charge is 0.388 e. The van der Waals surface area contributed by atoms with E-state index in [0.29, 0.717) is 6.42 Å². The van der Waals surface area contributed by atoms with Gasteiger partial charge in [-0.15, -0.1) is 0 Å². The number of rotatable bonds is 5. The minimum Gasteiger partial charge on any atom is -0.388 e. The standard InChI is InChI=1S/C15H15FN2O3S/c16-11-2-1-3-12(8-11)18-15(21)14(20)17-6-4-13(19)10-5-7-22-9-10/h1-3,5,7-9,13,19H,4,6H2,(H,17,20)(H,18,21). The topological polar surface area (TPSA) is 78.4 Å². The summed E-state index contributed by atoms with van der Waals surface area (Å²) in [6, 6.07) is 7.06. The molecule has 2 rings (SSSR count). The summed E-state index contributed by atoms with van der Waals surface area (Å²) in [5, 5.41) is 18.2. The van der Waals surface area contributed by atoms with Crippen LogP contribution in [0, 0.1) is 5.82 Å². The molecular weight excluding hydrogens is 307 g/mol. The zero-order valence-electron chi connectivity index (χ0n) is 11.6. The van der Waals surface area contributed by atoms with Gasteiger partial charge in [-0.05, 0) is 47.0 Å². The van der Waals surface area contributed by atoms with E-state index in [9.17, 15) is 19.1 Å². The van der Waals surface area contributed by atoms with Crippen molar-refractivity contribution < 1.29 is 19.1 Å². The van der Waals surface area contributed by atoms with Crippen molar-refractivity contribution in [3.8, 4) is 0 Å². The number of benzene rings is 1. The molecule has 0 aliphatic heterocycles. The van der Waals surface area contributed by atoms with Gasteiger partial charge >= 0.3 is 11.8 Å². The van der Waals surface area contributed by atoms with Crippen LogP contribution in [-0.4, -0.2) is 23.5 Å². The second-order valence-electron chi connectivity index (χ2n) is 4.58. The number of carbonyl (C=O) groups excluding carboxylic acids is 2. The number of amides is 2. The van der Waals surface area contributed by atoms with Gasteiger partial charge in [-0.25, -0.2) is 4.39 Å². The second kappa shape index (κ2) is 7.67. The predicted octanol–water partition coefficient (Wildman–Crippen LogP) is 2.07. The van der Waals surface area contributed by atoms with Crippen LogP contribution < -0.4 is 10.6 Å². The summed E-state index contributed by atoms with van der Waals surface area (Å²) in [5.74, 6) is -2.21. The van der Waals surface area contributed by atoms with Crippen molar-refractivity contribution >= 4 is 28.8 Å². The minimum atomic E-state index is -0.879. The first-order valence-corrected chi connectivity index (χ1v) is 7.55. The summed E-state index contributed by atoms with van der Waals surface area (Å²) >= 11 is 1.47. The number of anilines is 1. The van der Waals surface area contributed by atoms with Gasteiger partial charge in [0.1, 0.15) is 5.82 Å². The monoisotopic (exact) mass is 322 g/mol. The number of thiophene rings is 1. The number of hydrogen-bond donors (Lipinski definition) is 3. The SMILES string of the molecule is O=C(NCCC(O)c1ccsc1)C(=O)Nc1cccc(F)c1. The van der Waals surface area contributed by atoms with Crippen LogP contribution in [0.3, 0.4) is 0 Å². The molecule has 2 aromatic rings. The van der Waals surface area contributed by atoms with Crippen molar-refractivity contribution in [2.75, 3.05) is 11.9 Å². The van der Waals surface area contributed by atoms with Gasteiger partial charge in [0.2, 0.25) is 0 Å². The molecule has 0 aliphatic rings. The second-order valence-corrected chi connectivity index (χ2v) is 5.36. The van der Waals surface area contributed by atoms with E-state index in [2.05, 4.69) is 10.6 Å². The normalized spacial score (nSPS) is 11.7. The van der Waals surface area contributed by atoms with Gasteiger partial charge in [0.05, 0.1) is 6.10 Å².